The molecule has 5 nitrogen and oxygen atoms in total. The van der Waals surface area contributed by atoms with E-state index in [1.807, 2.05) is 16.2 Å². The molecule has 2 N–H and O–H groups in total. The maximum Gasteiger partial charge on any atom is 0.191 e. The SMILES string of the molecule is CN=C(NCC1CCCN(C)C1c1cccs1)NC1CCN(c2ccc(F)cc2F)C1.I. The second-order valence-electron chi connectivity index (χ2n) is 8.47. The summed E-state index contributed by atoms with van der Waals surface area (Å²) >= 11 is 1.83. The number of aliphatic imine (C=N–C) groups is 1. The molecule has 0 saturated carbocycles. The van der Waals surface area contributed by atoms with Gasteiger partial charge in [0.2, 0.25) is 0 Å². The van der Waals surface area contributed by atoms with E-state index in [1.165, 1.54) is 29.9 Å². The van der Waals surface area contributed by atoms with Gasteiger partial charge in [0.05, 0.1) is 5.69 Å². The molecule has 1 aromatic carbocycles. The standard InChI is InChI=1S/C23H31F2N5S.HI/c1-26-23(27-14-16-5-3-10-29(2)22(16)21-6-4-12-31-21)28-18-9-11-30(15-18)20-8-7-17(24)13-19(20)25;/h4,6-8,12-13,16,18,22H,3,5,9-11,14-15H2,1-2H3,(H2,26,27,28);1H. The van der Waals surface area contributed by atoms with Crippen LogP contribution in [0.3, 0.4) is 0 Å². The van der Waals surface area contributed by atoms with Gasteiger partial charge in [-0.2, -0.15) is 0 Å². The highest BCUT2D eigenvalue weighted by Crippen LogP contribution is 2.36. The number of likely N-dealkylation sites (tertiary alicyclic amines) is 1. The van der Waals surface area contributed by atoms with Crippen LogP contribution in [0.25, 0.3) is 0 Å². The molecule has 32 heavy (non-hydrogen) atoms. The Hall–Kier alpha value is -1.46. The monoisotopic (exact) mass is 575 g/mol. The number of nitrogens with zero attached hydrogens (tertiary/aromatic N) is 3. The van der Waals surface area contributed by atoms with Gasteiger partial charge in [0.1, 0.15) is 11.6 Å². The molecule has 3 unspecified atom stereocenters. The zero-order chi connectivity index (χ0) is 21.8. The normalized spacial score (nSPS) is 24.3. The van der Waals surface area contributed by atoms with E-state index in [2.05, 4.69) is 45.1 Å². The van der Waals surface area contributed by atoms with Crippen molar-refractivity contribution in [2.24, 2.45) is 10.9 Å². The molecule has 0 bridgehead atoms. The van der Waals surface area contributed by atoms with Crippen molar-refractivity contribution in [2.45, 2.75) is 31.3 Å². The number of anilines is 1. The number of thiophene rings is 1. The first-order valence-electron chi connectivity index (χ1n) is 11.0. The highest BCUT2D eigenvalue weighted by atomic mass is 127. The molecular weight excluding hydrogens is 543 g/mol. The number of hydrogen-bond donors (Lipinski definition) is 2. The fourth-order valence-electron chi connectivity index (χ4n) is 4.83. The van der Waals surface area contributed by atoms with Crippen molar-refractivity contribution in [3.63, 3.8) is 0 Å². The lowest BCUT2D eigenvalue weighted by molar-refractivity contribution is 0.125. The van der Waals surface area contributed by atoms with E-state index in [1.54, 1.807) is 7.05 Å². The Balaban J connectivity index is 0.00000289. The topological polar surface area (TPSA) is 42.9 Å². The van der Waals surface area contributed by atoms with Crippen LogP contribution in [-0.4, -0.2) is 57.2 Å². The first-order chi connectivity index (χ1) is 15.0. The van der Waals surface area contributed by atoms with Gasteiger partial charge >= 0.3 is 0 Å². The van der Waals surface area contributed by atoms with Crippen LogP contribution in [0.4, 0.5) is 14.5 Å². The Labute approximate surface area is 210 Å². The maximum atomic E-state index is 14.1. The number of halogens is 3. The summed E-state index contributed by atoms with van der Waals surface area (Å²) in [6, 6.07) is 8.74. The predicted octanol–water partition coefficient (Wildman–Crippen LogP) is 4.47. The van der Waals surface area contributed by atoms with E-state index in [4.69, 9.17) is 0 Å². The van der Waals surface area contributed by atoms with E-state index in [0.717, 1.165) is 38.1 Å². The molecule has 4 rings (SSSR count). The van der Waals surface area contributed by atoms with Gasteiger partial charge in [-0.25, -0.2) is 8.78 Å². The van der Waals surface area contributed by atoms with Gasteiger partial charge in [0.25, 0.3) is 0 Å². The molecular formula is C23H32F2IN5S. The van der Waals surface area contributed by atoms with Gasteiger partial charge in [-0.3, -0.25) is 9.89 Å². The van der Waals surface area contributed by atoms with Crippen molar-refractivity contribution >= 4 is 47.0 Å². The highest BCUT2D eigenvalue weighted by molar-refractivity contribution is 14.0. The molecule has 0 aliphatic carbocycles. The van der Waals surface area contributed by atoms with E-state index >= 15 is 0 Å². The molecule has 0 spiro atoms. The Bertz CT molecular complexity index is 895. The summed E-state index contributed by atoms with van der Waals surface area (Å²) in [7, 11) is 4.00. The minimum atomic E-state index is -0.547. The van der Waals surface area contributed by atoms with Crippen LogP contribution in [0.1, 0.15) is 30.2 Å². The van der Waals surface area contributed by atoms with Crippen LogP contribution in [0.2, 0.25) is 0 Å². The van der Waals surface area contributed by atoms with Crippen LogP contribution in [-0.2, 0) is 0 Å². The molecule has 176 valence electrons. The molecule has 2 aromatic rings. The van der Waals surface area contributed by atoms with E-state index in [0.29, 0.717) is 24.2 Å². The molecule has 2 aliphatic rings. The average Bonchev–Trinajstić information content (AvgIpc) is 3.43. The van der Waals surface area contributed by atoms with Gasteiger partial charge in [-0.15, -0.1) is 35.3 Å². The van der Waals surface area contributed by atoms with Crippen LogP contribution in [0.5, 0.6) is 0 Å². The van der Waals surface area contributed by atoms with Gasteiger partial charge < -0.3 is 15.5 Å². The van der Waals surface area contributed by atoms with Crippen LogP contribution < -0.4 is 15.5 Å². The van der Waals surface area contributed by atoms with Crippen LogP contribution in [0, 0.1) is 17.6 Å². The first-order valence-corrected chi connectivity index (χ1v) is 11.8. The largest absolute Gasteiger partial charge is 0.367 e. The predicted molar refractivity (Wildman–Crippen MR) is 139 cm³/mol. The summed E-state index contributed by atoms with van der Waals surface area (Å²) in [5.41, 5.74) is 0.456. The summed E-state index contributed by atoms with van der Waals surface area (Å²) in [6.07, 6.45) is 3.27. The molecule has 0 radical (unpaired) electrons. The van der Waals surface area contributed by atoms with Crippen molar-refractivity contribution in [1.29, 1.82) is 0 Å². The quantitative estimate of drug-likeness (QED) is 0.314. The maximum absolute atomic E-state index is 14.1. The Morgan fingerprint density at radius 2 is 2.06 bits per heavy atom. The molecule has 3 atom stereocenters. The summed E-state index contributed by atoms with van der Waals surface area (Å²) in [4.78, 5) is 10.3. The minimum absolute atomic E-state index is 0. The fourth-order valence-corrected chi connectivity index (χ4v) is 5.82. The highest BCUT2D eigenvalue weighted by Gasteiger charge is 2.31. The number of guanidine groups is 1. The second kappa shape index (κ2) is 11.6. The fraction of sp³-hybridized carbons (Fsp3) is 0.522. The summed E-state index contributed by atoms with van der Waals surface area (Å²) in [5, 5.41) is 9.16. The summed E-state index contributed by atoms with van der Waals surface area (Å²) in [6.45, 7) is 3.37. The Morgan fingerprint density at radius 1 is 1.22 bits per heavy atom. The zero-order valence-corrected chi connectivity index (χ0v) is 21.7. The van der Waals surface area contributed by atoms with Crippen molar-refractivity contribution in [3.8, 4) is 0 Å². The van der Waals surface area contributed by atoms with E-state index in [-0.39, 0.29) is 30.0 Å². The average molecular weight is 576 g/mol. The molecule has 1 aromatic heterocycles. The number of nitrogens with one attached hydrogen (secondary N) is 2. The lowest BCUT2D eigenvalue weighted by Crippen LogP contribution is -2.48. The lowest BCUT2D eigenvalue weighted by Gasteiger charge is -2.39. The van der Waals surface area contributed by atoms with Crippen molar-refractivity contribution in [3.05, 3.63) is 52.2 Å². The third-order valence-electron chi connectivity index (χ3n) is 6.38. The number of piperidine rings is 1. The smallest absolute Gasteiger partial charge is 0.191 e. The third kappa shape index (κ3) is 5.91. The van der Waals surface area contributed by atoms with Crippen LogP contribution in [0.15, 0.2) is 40.7 Å². The molecule has 2 saturated heterocycles. The van der Waals surface area contributed by atoms with E-state index < -0.39 is 11.6 Å². The van der Waals surface area contributed by atoms with Gasteiger partial charge in [-0.05, 0) is 62.4 Å². The number of rotatable bonds is 5. The van der Waals surface area contributed by atoms with Crippen molar-refractivity contribution in [2.75, 3.05) is 45.2 Å². The summed E-state index contributed by atoms with van der Waals surface area (Å²) in [5.74, 6) is 0.243. The molecule has 3 heterocycles. The van der Waals surface area contributed by atoms with Gasteiger partial charge in [0, 0.05) is 49.7 Å². The Kier molecular flexibility index (Phi) is 9.13. The molecule has 2 aliphatic heterocycles. The summed E-state index contributed by atoms with van der Waals surface area (Å²) < 4.78 is 27.3. The van der Waals surface area contributed by atoms with Crippen LogP contribution >= 0.6 is 35.3 Å². The first kappa shape index (κ1) is 25.2. The molecule has 2 fully saturated rings. The Morgan fingerprint density at radius 3 is 2.78 bits per heavy atom. The number of benzene rings is 1. The molecule has 9 heteroatoms. The lowest BCUT2D eigenvalue weighted by atomic mass is 9.88. The zero-order valence-electron chi connectivity index (χ0n) is 18.6. The molecule has 0 amide bonds. The van der Waals surface area contributed by atoms with Gasteiger partial charge in [0.15, 0.2) is 5.96 Å². The van der Waals surface area contributed by atoms with Crippen molar-refractivity contribution in [1.82, 2.24) is 15.5 Å². The van der Waals surface area contributed by atoms with Gasteiger partial charge in [-0.1, -0.05) is 6.07 Å². The third-order valence-corrected chi connectivity index (χ3v) is 7.32. The van der Waals surface area contributed by atoms with E-state index in [9.17, 15) is 8.78 Å². The second-order valence-corrected chi connectivity index (χ2v) is 9.45. The minimum Gasteiger partial charge on any atom is -0.367 e. The number of hydrogen-bond acceptors (Lipinski definition) is 4. The van der Waals surface area contributed by atoms with Crippen molar-refractivity contribution < 1.29 is 8.78 Å².